The van der Waals surface area contributed by atoms with Crippen LogP contribution in [0.5, 0.6) is 0 Å². The lowest BCUT2D eigenvalue weighted by Gasteiger charge is -2.41. The third-order valence-electron chi connectivity index (χ3n) is 5.05. The predicted molar refractivity (Wildman–Crippen MR) is 101 cm³/mol. The molecule has 0 bridgehead atoms. The normalized spacial score (nSPS) is 15.0. The van der Waals surface area contributed by atoms with E-state index in [1.807, 2.05) is 18.2 Å². The van der Waals surface area contributed by atoms with Crippen LogP contribution in [0.2, 0.25) is 0 Å². The quantitative estimate of drug-likeness (QED) is 0.456. The number of nitrogen functional groups attached to an aromatic ring is 1. The maximum absolute atomic E-state index is 14.2. The van der Waals surface area contributed by atoms with E-state index in [0.717, 1.165) is 24.8 Å². The van der Waals surface area contributed by atoms with E-state index in [2.05, 4.69) is 30.9 Å². The highest BCUT2D eigenvalue weighted by Gasteiger charge is 2.41. The molecule has 4 N–H and O–H groups in total. The predicted octanol–water partition coefficient (Wildman–Crippen LogP) is 2.89. The van der Waals surface area contributed by atoms with E-state index in [4.69, 9.17) is 5.84 Å². The minimum absolute atomic E-state index is 0.247. The maximum atomic E-state index is 14.2. The van der Waals surface area contributed by atoms with E-state index in [1.165, 1.54) is 6.07 Å². The molecule has 138 valence electrons. The molecule has 0 atom stereocenters. The first-order valence-electron chi connectivity index (χ1n) is 8.82. The van der Waals surface area contributed by atoms with Gasteiger partial charge in [-0.2, -0.15) is 0 Å². The monoisotopic (exact) mass is 365 g/mol. The van der Waals surface area contributed by atoms with Gasteiger partial charge in [0.2, 0.25) is 0 Å². The molecule has 0 amide bonds. The molecule has 3 heterocycles. The molecule has 27 heavy (non-hydrogen) atoms. The topological polar surface area (TPSA) is 102 Å². The molecule has 3 aromatic heterocycles. The molecule has 7 nitrogen and oxygen atoms in total. The van der Waals surface area contributed by atoms with Gasteiger partial charge in [-0.3, -0.25) is 4.98 Å². The molecule has 0 aromatic carbocycles. The second-order valence-corrected chi connectivity index (χ2v) is 6.70. The van der Waals surface area contributed by atoms with Crippen LogP contribution in [0.1, 0.15) is 25.0 Å². The summed E-state index contributed by atoms with van der Waals surface area (Å²) in [5, 5.41) is 11.8. The fourth-order valence-corrected chi connectivity index (χ4v) is 3.35. The molecular formula is C19H20FN7. The lowest BCUT2D eigenvalue weighted by atomic mass is 9.66. The van der Waals surface area contributed by atoms with E-state index < -0.39 is 0 Å². The fraction of sp³-hybridized carbons (Fsp3) is 0.263. The van der Waals surface area contributed by atoms with Gasteiger partial charge in [0.15, 0.2) is 0 Å². The van der Waals surface area contributed by atoms with E-state index in [0.29, 0.717) is 29.6 Å². The van der Waals surface area contributed by atoms with Crippen molar-refractivity contribution in [3.8, 4) is 11.3 Å². The number of rotatable bonds is 6. The molecule has 1 fully saturated rings. The number of nitrogens with zero attached hydrogens (tertiary/aromatic N) is 4. The number of nitrogens with two attached hydrogens (primary N) is 1. The smallest absolute Gasteiger partial charge is 0.148 e. The second kappa shape index (κ2) is 7.24. The minimum Gasteiger partial charge on any atom is -0.368 e. The van der Waals surface area contributed by atoms with Crippen LogP contribution < -0.4 is 16.6 Å². The second-order valence-electron chi connectivity index (χ2n) is 6.70. The Balaban J connectivity index is 1.46. The van der Waals surface area contributed by atoms with Crippen molar-refractivity contribution < 1.29 is 4.39 Å². The Morgan fingerprint density at radius 2 is 1.89 bits per heavy atom. The van der Waals surface area contributed by atoms with Gasteiger partial charge in [-0.15, -0.1) is 10.2 Å². The number of aromatic nitrogens is 4. The van der Waals surface area contributed by atoms with Crippen molar-refractivity contribution in [3.05, 3.63) is 60.3 Å². The molecule has 4 rings (SSSR count). The van der Waals surface area contributed by atoms with Gasteiger partial charge in [-0.05, 0) is 49.2 Å². The highest BCUT2D eigenvalue weighted by molar-refractivity contribution is 5.60. The van der Waals surface area contributed by atoms with Crippen molar-refractivity contribution in [3.63, 3.8) is 0 Å². The lowest BCUT2D eigenvalue weighted by Crippen LogP contribution is -2.42. The largest absolute Gasteiger partial charge is 0.368 e. The summed E-state index contributed by atoms with van der Waals surface area (Å²) in [7, 11) is 0. The average Bonchev–Trinajstić information content (AvgIpc) is 2.69. The van der Waals surface area contributed by atoms with Crippen LogP contribution in [-0.4, -0.2) is 26.7 Å². The Bertz CT molecular complexity index is 908. The van der Waals surface area contributed by atoms with Crippen LogP contribution in [0.15, 0.2) is 48.8 Å². The summed E-state index contributed by atoms with van der Waals surface area (Å²) in [6.07, 6.45) is 6.22. The summed E-state index contributed by atoms with van der Waals surface area (Å²) in [5.41, 5.74) is 4.30. The van der Waals surface area contributed by atoms with Gasteiger partial charge < -0.3 is 10.7 Å². The Morgan fingerprint density at radius 1 is 1.04 bits per heavy atom. The van der Waals surface area contributed by atoms with Gasteiger partial charge in [0.1, 0.15) is 17.5 Å². The first-order chi connectivity index (χ1) is 13.2. The zero-order chi connectivity index (χ0) is 18.7. The SMILES string of the molecule is NNc1ccc(-c2ccc(NCC3(c4ncccc4F)CCC3)nn2)cn1. The van der Waals surface area contributed by atoms with Crippen LogP contribution in [0.4, 0.5) is 16.0 Å². The van der Waals surface area contributed by atoms with Gasteiger partial charge in [0.05, 0.1) is 11.4 Å². The Labute approximate surface area is 156 Å². The van der Waals surface area contributed by atoms with Crippen molar-refractivity contribution in [2.24, 2.45) is 5.84 Å². The van der Waals surface area contributed by atoms with E-state index in [1.54, 1.807) is 24.5 Å². The summed E-state index contributed by atoms with van der Waals surface area (Å²) in [6.45, 7) is 0.577. The molecule has 1 aliphatic rings. The summed E-state index contributed by atoms with van der Waals surface area (Å²) >= 11 is 0. The van der Waals surface area contributed by atoms with Crippen molar-refractivity contribution in [1.82, 2.24) is 20.2 Å². The lowest BCUT2D eigenvalue weighted by molar-refractivity contribution is 0.243. The molecule has 0 aliphatic heterocycles. The molecule has 0 spiro atoms. The minimum atomic E-state index is -0.277. The molecule has 0 unspecified atom stereocenters. The Hall–Kier alpha value is -3.13. The molecule has 8 heteroatoms. The fourth-order valence-electron chi connectivity index (χ4n) is 3.35. The first-order valence-corrected chi connectivity index (χ1v) is 8.82. The van der Waals surface area contributed by atoms with Gasteiger partial charge in [-0.1, -0.05) is 6.42 Å². The summed E-state index contributed by atoms with van der Waals surface area (Å²) in [4.78, 5) is 8.44. The van der Waals surface area contributed by atoms with Crippen LogP contribution in [0.25, 0.3) is 11.3 Å². The molecule has 0 saturated heterocycles. The van der Waals surface area contributed by atoms with Gasteiger partial charge in [-0.25, -0.2) is 15.2 Å². The van der Waals surface area contributed by atoms with E-state index in [-0.39, 0.29) is 11.2 Å². The number of halogens is 1. The highest BCUT2D eigenvalue weighted by atomic mass is 19.1. The maximum Gasteiger partial charge on any atom is 0.148 e. The molecule has 1 saturated carbocycles. The highest BCUT2D eigenvalue weighted by Crippen LogP contribution is 2.43. The van der Waals surface area contributed by atoms with Gasteiger partial charge in [0.25, 0.3) is 0 Å². The standard InChI is InChI=1S/C19H20FN7/c20-14-3-1-10-22-18(14)19(8-2-9-19)12-24-17-7-5-15(26-27-17)13-4-6-16(25-21)23-11-13/h1,3-7,10-11H,2,8-9,12,21H2,(H,23,25)(H,24,27). The van der Waals surface area contributed by atoms with Crippen LogP contribution in [0, 0.1) is 5.82 Å². The van der Waals surface area contributed by atoms with Crippen molar-refractivity contribution >= 4 is 11.6 Å². The number of hydrazine groups is 1. The van der Waals surface area contributed by atoms with Crippen molar-refractivity contribution in [2.45, 2.75) is 24.7 Å². The first kappa shape index (κ1) is 17.3. The van der Waals surface area contributed by atoms with Crippen molar-refractivity contribution in [2.75, 3.05) is 17.3 Å². The average molecular weight is 365 g/mol. The molecule has 1 aliphatic carbocycles. The third kappa shape index (κ3) is 3.43. The van der Waals surface area contributed by atoms with Crippen LogP contribution in [0.3, 0.4) is 0 Å². The van der Waals surface area contributed by atoms with Crippen molar-refractivity contribution in [1.29, 1.82) is 0 Å². The van der Waals surface area contributed by atoms with Gasteiger partial charge >= 0.3 is 0 Å². The molecule has 3 aromatic rings. The van der Waals surface area contributed by atoms with Gasteiger partial charge in [0, 0.05) is 29.9 Å². The zero-order valence-corrected chi connectivity index (χ0v) is 14.7. The Morgan fingerprint density at radius 3 is 2.48 bits per heavy atom. The zero-order valence-electron chi connectivity index (χ0n) is 14.7. The molecule has 0 radical (unpaired) electrons. The van der Waals surface area contributed by atoms with Crippen LogP contribution in [-0.2, 0) is 5.41 Å². The number of nitrogens with one attached hydrogen (secondary N) is 2. The summed E-state index contributed by atoms with van der Waals surface area (Å²) in [5.74, 6) is 6.30. The van der Waals surface area contributed by atoms with Crippen LogP contribution >= 0.6 is 0 Å². The number of hydrogen-bond acceptors (Lipinski definition) is 7. The number of hydrogen-bond donors (Lipinski definition) is 3. The third-order valence-corrected chi connectivity index (χ3v) is 5.05. The summed E-state index contributed by atoms with van der Waals surface area (Å²) < 4.78 is 14.2. The van der Waals surface area contributed by atoms with E-state index in [9.17, 15) is 4.39 Å². The summed E-state index contributed by atoms with van der Waals surface area (Å²) in [6, 6.07) is 10.5. The number of anilines is 2. The molecular weight excluding hydrogens is 345 g/mol. The number of pyridine rings is 2. The Kier molecular flexibility index (Phi) is 4.64. The van der Waals surface area contributed by atoms with E-state index >= 15 is 0 Å².